The van der Waals surface area contributed by atoms with Crippen LogP contribution in [0.2, 0.25) is 0 Å². The topological polar surface area (TPSA) is 54.4 Å². The molecular formula is C10H13BrO3S. The molecule has 0 aliphatic heterocycles. The van der Waals surface area contributed by atoms with Gasteiger partial charge in [-0.25, -0.2) is 0 Å². The molecule has 0 bridgehead atoms. The Morgan fingerprint density at radius 3 is 2.47 bits per heavy atom. The van der Waals surface area contributed by atoms with Gasteiger partial charge in [0, 0.05) is 4.47 Å². The Bertz CT molecular complexity index is 466. The standard InChI is InChI=1S/C10H13BrO3S/c1-3-4-8-7(2)5-6-9(10(8)11)15(12,13)14/h5-6H,3-4H2,1-2H3,(H,12,13,14). The lowest BCUT2D eigenvalue weighted by Crippen LogP contribution is -2.02. The molecule has 0 aliphatic rings. The maximum atomic E-state index is 11.0. The van der Waals surface area contributed by atoms with Crippen molar-refractivity contribution in [3.63, 3.8) is 0 Å². The normalized spacial score (nSPS) is 11.7. The van der Waals surface area contributed by atoms with Crippen molar-refractivity contribution in [2.24, 2.45) is 0 Å². The first-order valence-corrected chi connectivity index (χ1v) is 6.86. The number of hydrogen-bond acceptors (Lipinski definition) is 2. The lowest BCUT2D eigenvalue weighted by molar-refractivity contribution is 0.482. The molecular weight excluding hydrogens is 280 g/mol. The summed E-state index contributed by atoms with van der Waals surface area (Å²) in [5, 5.41) is 0. The molecule has 3 nitrogen and oxygen atoms in total. The third-order valence-electron chi connectivity index (χ3n) is 2.22. The van der Waals surface area contributed by atoms with E-state index in [2.05, 4.69) is 15.9 Å². The van der Waals surface area contributed by atoms with Gasteiger partial charge < -0.3 is 0 Å². The molecule has 0 saturated heterocycles. The highest BCUT2D eigenvalue weighted by molar-refractivity contribution is 9.10. The molecule has 1 aromatic rings. The van der Waals surface area contributed by atoms with Gasteiger partial charge >= 0.3 is 0 Å². The van der Waals surface area contributed by atoms with Crippen LogP contribution in [0, 0.1) is 6.92 Å². The largest absolute Gasteiger partial charge is 0.295 e. The van der Waals surface area contributed by atoms with Crippen LogP contribution in [0.5, 0.6) is 0 Å². The second-order valence-corrected chi connectivity index (χ2v) is 5.58. The highest BCUT2D eigenvalue weighted by Crippen LogP contribution is 2.29. The maximum Gasteiger partial charge on any atom is 0.295 e. The van der Waals surface area contributed by atoms with Crippen molar-refractivity contribution in [1.82, 2.24) is 0 Å². The molecule has 0 aromatic heterocycles. The Morgan fingerprint density at radius 1 is 1.40 bits per heavy atom. The van der Waals surface area contributed by atoms with Gasteiger partial charge in [-0.05, 0) is 46.5 Å². The smallest absolute Gasteiger partial charge is 0.282 e. The summed E-state index contributed by atoms with van der Waals surface area (Å²) in [4.78, 5) is -0.0587. The van der Waals surface area contributed by atoms with Crippen LogP contribution in [-0.2, 0) is 16.5 Å². The Labute approximate surface area is 98.4 Å². The molecule has 0 unspecified atom stereocenters. The summed E-state index contributed by atoms with van der Waals surface area (Å²) in [6.07, 6.45) is 1.71. The van der Waals surface area contributed by atoms with E-state index >= 15 is 0 Å². The van der Waals surface area contributed by atoms with Crippen molar-refractivity contribution in [2.75, 3.05) is 0 Å². The molecule has 1 rings (SSSR count). The first-order valence-electron chi connectivity index (χ1n) is 4.63. The Balaban J connectivity index is 3.42. The van der Waals surface area contributed by atoms with Crippen LogP contribution in [-0.4, -0.2) is 13.0 Å². The van der Waals surface area contributed by atoms with Gasteiger partial charge in [-0.1, -0.05) is 19.4 Å². The van der Waals surface area contributed by atoms with E-state index < -0.39 is 10.1 Å². The second-order valence-electron chi connectivity index (χ2n) is 3.40. The maximum absolute atomic E-state index is 11.0. The fourth-order valence-electron chi connectivity index (χ4n) is 1.45. The molecule has 0 aliphatic carbocycles. The van der Waals surface area contributed by atoms with Crippen molar-refractivity contribution in [1.29, 1.82) is 0 Å². The van der Waals surface area contributed by atoms with Crippen LogP contribution in [0.4, 0.5) is 0 Å². The highest BCUT2D eigenvalue weighted by atomic mass is 79.9. The zero-order chi connectivity index (χ0) is 11.6. The molecule has 0 spiro atoms. The van der Waals surface area contributed by atoms with E-state index in [1.807, 2.05) is 13.8 Å². The summed E-state index contributed by atoms with van der Waals surface area (Å²) in [5.74, 6) is 0. The van der Waals surface area contributed by atoms with E-state index in [9.17, 15) is 8.42 Å². The van der Waals surface area contributed by atoms with Crippen molar-refractivity contribution in [3.05, 3.63) is 27.7 Å². The van der Waals surface area contributed by atoms with E-state index in [4.69, 9.17) is 4.55 Å². The Kier molecular flexibility index (Phi) is 3.92. The van der Waals surface area contributed by atoms with Crippen molar-refractivity contribution < 1.29 is 13.0 Å². The van der Waals surface area contributed by atoms with E-state index in [1.54, 1.807) is 6.07 Å². The van der Waals surface area contributed by atoms with Crippen LogP contribution in [0.25, 0.3) is 0 Å². The van der Waals surface area contributed by atoms with E-state index in [1.165, 1.54) is 6.07 Å². The molecule has 0 fully saturated rings. The summed E-state index contributed by atoms with van der Waals surface area (Å²) >= 11 is 3.23. The molecule has 0 saturated carbocycles. The van der Waals surface area contributed by atoms with Crippen LogP contribution in [0.1, 0.15) is 24.5 Å². The van der Waals surface area contributed by atoms with Gasteiger partial charge in [0.05, 0.1) is 0 Å². The van der Waals surface area contributed by atoms with Crippen LogP contribution in [0.15, 0.2) is 21.5 Å². The zero-order valence-corrected chi connectivity index (χ0v) is 11.0. The predicted molar refractivity (Wildman–Crippen MR) is 62.7 cm³/mol. The average molecular weight is 293 g/mol. The van der Waals surface area contributed by atoms with E-state index in [-0.39, 0.29) is 4.90 Å². The summed E-state index contributed by atoms with van der Waals surface area (Å²) in [7, 11) is -4.14. The third-order valence-corrected chi connectivity index (χ3v) is 4.28. The quantitative estimate of drug-likeness (QED) is 0.872. The summed E-state index contributed by atoms with van der Waals surface area (Å²) in [5.41, 5.74) is 1.96. The molecule has 1 N–H and O–H groups in total. The second kappa shape index (κ2) is 4.63. The lowest BCUT2D eigenvalue weighted by Gasteiger charge is -2.10. The number of hydrogen-bond donors (Lipinski definition) is 1. The predicted octanol–water partition coefficient (Wildman–Crippen LogP) is 2.96. The monoisotopic (exact) mass is 292 g/mol. The van der Waals surface area contributed by atoms with E-state index in [0.717, 1.165) is 24.0 Å². The Morgan fingerprint density at radius 2 is 2.00 bits per heavy atom. The summed E-state index contributed by atoms with van der Waals surface area (Å²) < 4.78 is 31.6. The summed E-state index contributed by atoms with van der Waals surface area (Å²) in [6, 6.07) is 3.12. The lowest BCUT2D eigenvalue weighted by atomic mass is 10.0. The average Bonchev–Trinajstić information content (AvgIpc) is 2.09. The van der Waals surface area contributed by atoms with Gasteiger partial charge in [0.15, 0.2) is 0 Å². The molecule has 15 heavy (non-hydrogen) atoms. The minimum absolute atomic E-state index is 0.0587. The fourth-order valence-corrected chi connectivity index (χ4v) is 3.30. The van der Waals surface area contributed by atoms with Gasteiger partial charge in [0.25, 0.3) is 10.1 Å². The molecule has 84 valence electrons. The highest BCUT2D eigenvalue weighted by Gasteiger charge is 2.17. The number of halogens is 1. The number of aryl methyl sites for hydroxylation is 1. The van der Waals surface area contributed by atoms with Gasteiger partial charge in [-0.15, -0.1) is 0 Å². The third kappa shape index (κ3) is 2.80. The fraction of sp³-hybridized carbons (Fsp3) is 0.400. The van der Waals surface area contributed by atoms with Crippen LogP contribution >= 0.6 is 15.9 Å². The summed E-state index contributed by atoms with van der Waals surface area (Å²) in [6.45, 7) is 3.94. The first kappa shape index (κ1) is 12.7. The zero-order valence-electron chi connectivity index (χ0n) is 8.62. The Hall–Kier alpha value is -0.390. The SMILES string of the molecule is CCCc1c(C)ccc(S(=O)(=O)O)c1Br. The minimum Gasteiger partial charge on any atom is -0.282 e. The molecule has 0 amide bonds. The number of benzene rings is 1. The molecule has 0 heterocycles. The number of rotatable bonds is 3. The molecule has 1 aromatic carbocycles. The van der Waals surface area contributed by atoms with Gasteiger partial charge in [-0.2, -0.15) is 8.42 Å². The van der Waals surface area contributed by atoms with Gasteiger partial charge in [0.2, 0.25) is 0 Å². The molecule has 5 heteroatoms. The van der Waals surface area contributed by atoms with Gasteiger partial charge in [-0.3, -0.25) is 4.55 Å². The van der Waals surface area contributed by atoms with Crippen molar-refractivity contribution in [2.45, 2.75) is 31.6 Å². The molecule has 0 radical (unpaired) electrons. The minimum atomic E-state index is -4.14. The first-order chi connectivity index (χ1) is 6.88. The van der Waals surface area contributed by atoms with Crippen LogP contribution < -0.4 is 0 Å². The van der Waals surface area contributed by atoms with Crippen LogP contribution in [0.3, 0.4) is 0 Å². The van der Waals surface area contributed by atoms with E-state index in [0.29, 0.717) is 4.47 Å². The van der Waals surface area contributed by atoms with Crippen molar-refractivity contribution >= 4 is 26.0 Å². The van der Waals surface area contributed by atoms with Gasteiger partial charge in [0.1, 0.15) is 4.90 Å². The molecule has 0 atom stereocenters. The van der Waals surface area contributed by atoms with Crippen molar-refractivity contribution in [3.8, 4) is 0 Å².